The van der Waals surface area contributed by atoms with Crippen molar-refractivity contribution in [3.63, 3.8) is 0 Å². The van der Waals surface area contributed by atoms with E-state index in [0.29, 0.717) is 25.9 Å². The van der Waals surface area contributed by atoms with E-state index >= 15 is 0 Å². The van der Waals surface area contributed by atoms with Crippen molar-refractivity contribution in [2.75, 3.05) is 13.1 Å². The lowest BCUT2D eigenvalue weighted by atomic mass is 9.93. The van der Waals surface area contributed by atoms with Gasteiger partial charge in [-0.3, -0.25) is 14.7 Å². The Morgan fingerprint density at radius 3 is 2.46 bits per heavy atom. The van der Waals surface area contributed by atoms with Gasteiger partial charge in [0.2, 0.25) is 0 Å². The van der Waals surface area contributed by atoms with E-state index in [1.807, 2.05) is 25.1 Å². The molecule has 1 fully saturated rings. The maximum atomic E-state index is 13.3. The van der Waals surface area contributed by atoms with Crippen molar-refractivity contribution in [1.82, 2.24) is 9.88 Å². The summed E-state index contributed by atoms with van der Waals surface area (Å²) in [6.45, 7) is 3.32. The Labute approximate surface area is 141 Å². The first-order valence-corrected chi connectivity index (χ1v) is 8.20. The molecule has 1 atom stereocenters. The minimum absolute atomic E-state index is 0.0831. The van der Waals surface area contributed by atoms with Crippen LogP contribution in [0, 0.1) is 18.7 Å². The molecule has 1 saturated heterocycles. The Hall–Kier alpha value is -2.27. The summed E-state index contributed by atoms with van der Waals surface area (Å²) in [5.74, 6) is -1.26. The number of aliphatic carboxylic acids is 1. The number of benzene rings is 1. The molecule has 0 aliphatic carbocycles. The van der Waals surface area contributed by atoms with Crippen LogP contribution in [0.5, 0.6) is 0 Å². The van der Waals surface area contributed by atoms with Crippen molar-refractivity contribution >= 4 is 5.97 Å². The number of aromatic nitrogens is 1. The molecule has 1 aliphatic rings. The van der Waals surface area contributed by atoms with Gasteiger partial charge in [0, 0.05) is 5.69 Å². The second-order valence-corrected chi connectivity index (χ2v) is 6.31. The van der Waals surface area contributed by atoms with Gasteiger partial charge in [0.05, 0.1) is 17.7 Å². The van der Waals surface area contributed by atoms with E-state index in [1.165, 1.54) is 12.1 Å². The molecule has 1 aliphatic heterocycles. The van der Waals surface area contributed by atoms with Gasteiger partial charge in [-0.15, -0.1) is 0 Å². The molecular weight excluding hydrogens is 307 g/mol. The summed E-state index contributed by atoms with van der Waals surface area (Å²) in [5.41, 5.74) is 2.82. The van der Waals surface area contributed by atoms with Crippen LogP contribution < -0.4 is 0 Å². The van der Waals surface area contributed by atoms with Crippen molar-refractivity contribution in [2.45, 2.75) is 25.8 Å². The Bertz CT molecular complexity index is 710. The molecule has 1 unspecified atom stereocenters. The third-order valence-corrected chi connectivity index (χ3v) is 4.62. The van der Waals surface area contributed by atoms with E-state index in [4.69, 9.17) is 0 Å². The van der Waals surface area contributed by atoms with E-state index in [1.54, 1.807) is 12.1 Å². The third-order valence-electron chi connectivity index (χ3n) is 4.62. The van der Waals surface area contributed by atoms with Crippen molar-refractivity contribution in [1.29, 1.82) is 0 Å². The lowest BCUT2D eigenvalue weighted by molar-refractivity contribution is -0.143. The predicted octanol–water partition coefficient (Wildman–Crippen LogP) is 3.42. The summed E-state index contributed by atoms with van der Waals surface area (Å²) in [6.07, 6.45) is 1.25. The lowest BCUT2D eigenvalue weighted by Gasteiger charge is -2.36. The Kier molecular flexibility index (Phi) is 4.90. The molecule has 0 bridgehead atoms. The first-order chi connectivity index (χ1) is 11.5. The van der Waals surface area contributed by atoms with Crippen LogP contribution in [0.25, 0.3) is 0 Å². The highest BCUT2D eigenvalue weighted by Crippen LogP contribution is 2.31. The SMILES string of the molecule is Cc1cccc(C(c2ccc(F)cc2)N2CCC(C(=O)O)CC2)n1. The number of likely N-dealkylation sites (tertiary alicyclic amines) is 1. The van der Waals surface area contributed by atoms with Crippen LogP contribution in [0.15, 0.2) is 42.5 Å². The molecule has 0 saturated carbocycles. The van der Waals surface area contributed by atoms with Crippen LogP contribution in [-0.4, -0.2) is 34.0 Å². The normalized spacial score (nSPS) is 17.6. The average Bonchev–Trinajstić information content (AvgIpc) is 2.57. The molecule has 5 heteroatoms. The maximum absolute atomic E-state index is 13.3. The second-order valence-electron chi connectivity index (χ2n) is 6.31. The zero-order valence-electron chi connectivity index (χ0n) is 13.7. The Balaban J connectivity index is 1.91. The molecule has 1 aromatic carbocycles. The number of carboxylic acids is 1. The number of halogens is 1. The molecule has 24 heavy (non-hydrogen) atoms. The fourth-order valence-corrected chi connectivity index (χ4v) is 3.33. The fourth-order valence-electron chi connectivity index (χ4n) is 3.33. The maximum Gasteiger partial charge on any atom is 0.306 e. The summed E-state index contributed by atoms with van der Waals surface area (Å²) in [6, 6.07) is 12.3. The summed E-state index contributed by atoms with van der Waals surface area (Å²) < 4.78 is 13.3. The van der Waals surface area contributed by atoms with Crippen LogP contribution in [0.3, 0.4) is 0 Å². The van der Waals surface area contributed by atoms with Crippen molar-refractivity contribution < 1.29 is 14.3 Å². The molecule has 1 N–H and O–H groups in total. The summed E-state index contributed by atoms with van der Waals surface area (Å²) in [4.78, 5) is 18.1. The van der Waals surface area contributed by atoms with Crippen LogP contribution in [0.1, 0.15) is 35.8 Å². The van der Waals surface area contributed by atoms with E-state index < -0.39 is 5.97 Å². The summed E-state index contributed by atoms with van der Waals surface area (Å²) >= 11 is 0. The summed E-state index contributed by atoms with van der Waals surface area (Å²) in [5, 5.41) is 9.19. The first kappa shape index (κ1) is 16.6. The molecule has 1 aromatic heterocycles. The van der Waals surface area contributed by atoms with E-state index in [-0.39, 0.29) is 17.8 Å². The highest BCUT2D eigenvalue weighted by atomic mass is 19.1. The number of pyridine rings is 1. The quantitative estimate of drug-likeness (QED) is 0.934. The number of hydrogen-bond acceptors (Lipinski definition) is 3. The average molecular weight is 328 g/mol. The first-order valence-electron chi connectivity index (χ1n) is 8.20. The van der Waals surface area contributed by atoms with Crippen LogP contribution in [0.2, 0.25) is 0 Å². The topological polar surface area (TPSA) is 53.4 Å². The third kappa shape index (κ3) is 3.62. The molecule has 2 aromatic rings. The molecular formula is C19H21FN2O2. The number of hydrogen-bond donors (Lipinski definition) is 1. The van der Waals surface area contributed by atoms with Crippen molar-refractivity contribution in [2.24, 2.45) is 5.92 Å². The highest BCUT2D eigenvalue weighted by Gasteiger charge is 2.30. The number of piperidine rings is 1. The van der Waals surface area contributed by atoms with Crippen LogP contribution in [-0.2, 0) is 4.79 Å². The van der Waals surface area contributed by atoms with Gasteiger partial charge in [-0.2, -0.15) is 0 Å². The number of aryl methyl sites for hydroxylation is 1. The van der Waals surface area contributed by atoms with E-state index in [2.05, 4.69) is 9.88 Å². The molecule has 4 nitrogen and oxygen atoms in total. The fraction of sp³-hybridized carbons (Fsp3) is 0.368. The van der Waals surface area contributed by atoms with Gasteiger partial charge in [-0.05, 0) is 62.7 Å². The highest BCUT2D eigenvalue weighted by molar-refractivity contribution is 5.70. The Morgan fingerprint density at radius 1 is 1.21 bits per heavy atom. The zero-order chi connectivity index (χ0) is 17.1. The van der Waals surface area contributed by atoms with E-state index in [9.17, 15) is 14.3 Å². The van der Waals surface area contributed by atoms with Crippen LogP contribution >= 0.6 is 0 Å². The van der Waals surface area contributed by atoms with Gasteiger partial charge < -0.3 is 5.11 Å². The molecule has 126 valence electrons. The second kappa shape index (κ2) is 7.09. The van der Waals surface area contributed by atoms with Gasteiger partial charge in [0.15, 0.2) is 0 Å². The van der Waals surface area contributed by atoms with Gasteiger partial charge in [-0.25, -0.2) is 4.39 Å². The molecule has 3 rings (SSSR count). The van der Waals surface area contributed by atoms with Crippen LogP contribution in [0.4, 0.5) is 4.39 Å². The smallest absolute Gasteiger partial charge is 0.306 e. The zero-order valence-corrected chi connectivity index (χ0v) is 13.7. The molecule has 0 amide bonds. The molecule has 0 radical (unpaired) electrons. The van der Waals surface area contributed by atoms with Crippen molar-refractivity contribution in [3.05, 3.63) is 65.2 Å². The molecule has 2 heterocycles. The van der Waals surface area contributed by atoms with Gasteiger partial charge >= 0.3 is 5.97 Å². The molecule has 0 spiro atoms. The predicted molar refractivity (Wildman–Crippen MR) is 89.1 cm³/mol. The summed E-state index contributed by atoms with van der Waals surface area (Å²) in [7, 11) is 0. The number of carboxylic acid groups (broad SMARTS) is 1. The lowest BCUT2D eigenvalue weighted by Crippen LogP contribution is -2.39. The minimum Gasteiger partial charge on any atom is -0.481 e. The number of rotatable bonds is 4. The van der Waals surface area contributed by atoms with Gasteiger partial charge in [0.25, 0.3) is 0 Å². The Morgan fingerprint density at radius 2 is 1.88 bits per heavy atom. The van der Waals surface area contributed by atoms with E-state index in [0.717, 1.165) is 17.0 Å². The van der Waals surface area contributed by atoms with Gasteiger partial charge in [0.1, 0.15) is 5.82 Å². The number of carbonyl (C=O) groups is 1. The monoisotopic (exact) mass is 328 g/mol. The largest absolute Gasteiger partial charge is 0.481 e. The van der Waals surface area contributed by atoms with Gasteiger partial charge in [-0.1, -0.05) is 18.2 Å². The van der Waals surface area contributed by atoms with Crippen molar-refractivity contribution in [3.8, 4) is 0 Å². The number of nitrogens with zero attached hydrogens (tertiary/aromatic N) is 2. The minimum atomic E-state index is -0.721. The standard InChI is InChI=1S/C19H21FN2O2/c1-13-3-2-4-17(21-13)18(14-5-7-16(20)8-6-14)22-11-9-15(10-12-22)19(23)24/h2-8,15,18H,9-12H2,1H3,(H,23,24).